The minimum atomic E-state index is -3.95. The van der Waals surface area contributed by atoms with Crippen LogP contribution in [0.1, 0.15) is 42.5 Å². The van der Waals surface area contributed by atoms with Gasteiger partial charge in [-0.15, -0.1) is 0 Å². The lowest BCUT2D eigenvalue weighted by atomic mass is 9.95. The van der Waals surface area contributed by atoms with E-state index in [1.54, 1.807) is 0 Å². The van der Waals surface area contributed by atoms with E-state index in [2.05, 4.69) is 10.3 Å². The fourth-order valence-electron chi connectivity index (χ4n) is 3.73. The van der Waals surface area contributed by atoms with E-state index in [-0.39, 0.29) is 51.6 Å². The van der Waals surface area contributed by atoms with Gasteiger partial charge in [-0.2, -0.15) is 0 Å². The Balaban J connectivity index is 1.64. The molecule has 0 saturated heterocycles. The molecular formula is C20H21Cl2N3O4S. The van der Waals surface area contributed by atoms with Crippen LogP contribution >= 0.6 is 23.2 Å². The number of hydrogen-bond donors (Lipinski definition) is 1. The van der Waals surface area contributed by atoms with Gasteiger partial charge in [0.2, 0.25) is 5.88 Å². The smallest absolute Gasteiger partial charge is 0.264 e. The molecule has 2 aromatic rings. The Hall–Kier alpha value is -2.03. The fourth-order valence-corrected chi connectivity index (χ4v) is 5.56. The number of rotatable bonds is 4. The summed E-state index contributed by atoms with van der Waals surface area (Å²) in [6.07, 6.45) is 6.68. The highest BCUT2D eigenvalue weighted by molar-refractivity contribution is 7.92. The number of nitrogens with one attached hydrogen (secondary N) is 1. The Morgan fingerprint density at radius 2 is 1.90 bits per heavy atom. The number of carbonyl (C=O) groups is 1. The van der Waals surface area contributed by atoms with E-state index in [1.165, 1.54) is 41.2 Å². The van der Waals surface area contributed by atoms with E-state index in [0.29, 0.717) is 5.56 Å². The maximum atomic E-state index is 13.3. The van der Waals surface area contributed by atoms with Crippen molar-refractivity contribution in [3.05, 3.63) is 46.1 Å². The van der Waals surface area contributed by atoms with Crippen molar-refractivity contribution in [2.75, 3.05) is 17.5 Å². The summed E-state index contributed by atoms with van der Waals surface area (Å²) >= 11 is 11.9. The molecule has 30 heavy (non-hydrogen) atoms. The molecule has 160 valence electrons. The number of amides is 1. The van der Waals surface area contributed by atoms with E-state index >= 15 is 0 Å². The number of pyridine rings is 1. The van der Waals surface area contributed by atoms with Gasteiger partial charge in [-0.3, -0.25) is 9.10 Å². The number of anilines is 1. The summed E-state index contributed by atoms with van der Waals surface area (Å²) in [6.45, 7) is 0.235. The monoisotopic (exact) mass is 469 g/mol. The van der Waals surface area contributed by atoms with Crippen LogP contribution < -0.4 is 14.4 Å². The second kappa shape index (κ2) is 8.61. The molecule has 2 heterocycles. The van der Waals surface area contributed by atoms with Crippen LogP contribution in [0, 0.1) is 0 Å². The average Bonchev–Trinajstić information content (AvgIpc) is 2.75. The van der Waals surface area contributed by atoms with Crippen LogP contribution in [-0.4, -0.2) is 38.5 Å². The van der Waals surface area contributed by atoms with Crippen LogP contribution in [0.3, 0.4) is 0 Å². The summed E-state index contributed by atoms with van der Waals surface area (Å²) in [5.74, 6) is -0.103. The van der Waals surface area contributed by atoms with Crippen molar-refractivity contribution in [1.29, 1.82) is 0 Å². The number of hydrogen-bond acceptors (Lipinski definition) is 5. The summed E-state index contributed by atoms with van der Waals surface area (Å²) in [5, 5.41) is 3.43. The predicted octanol–water partition coefficient (Wildman–Crippen LogP) is 4.04. The van der Waals surface area contributed by atoms with Crippen LogP contribution in [0.25, 0.3) is 0 Å². The van der Waals surface area contributed by atoms with Gasteiger partial charge in [-0.05, 0) is 37.1 Å². The van der Waals surface area contributed by atoms with Gasteiger partial charge in [0.1, 0.15) is 12.3 Å². The van der Waals surface area contributed by atoms with Crippen molar-refractivity contribution < 1.29 is 17.9 Å². The number of benzene rings is 1. The molecule has 1 aliphatic heterocycles. The first-order valence-electron chi connectivity index (χ1n) is 9.78. The lowest BCUT2D eigenvalue weighted by Gasteiger charge is -2.30. The van der Waals surface area contributed by atoms with Gasteiger partial charge in [0.15, 0.2) is 0 Å². The van der Waals surface area contributed by atoms with Gasteiger partial charge in [0.25, 0.3) is 15.9 Å². The Morgan fingerprint density at radius 1 is 1.13 bits per heavy atom. The van der Waals surface area contributed by atoms with Crippen LogP contribution in [0.4, 0.5) is 5.69 Å². The van der Waals surface area contributed by atoms with E-state index in [9.17, 15) is 13.2 Å². The molecule has 1 amide bonds. The largest absolute Gasteiger partial charge is 0.474 e. The molecule has 0 atom stereocenters. The van der Waals surface area contributed by atoms with Crippen molar-refractivity contribution in [1.82, 2.24) is 10.3 Å². The molecule has 7 nitrogen and oxygen atoms in total. The number of aromatic nitrogens is 1. The molecule has 0 unspecified atom stereocenters. The first-order chi connectivity index (χ1) is 14.4. The zero-order chi connectivity index (χ0) is 21.3. The third-order valence-electron chi connectivity index (χ3n) is 5.32. The molecule has 2 aliphatic rings. The van der Waals surface area contributed by atoms with Crippen molar-refractivity contribution in [3.8, 4) is 5.88 Å². The molecule has 1 aromatic carbocycles. The molecule has 0 bridgehead atoms. The second-order valence-corrected chi connectivity index (χ2v) is 10.0. The number of fused-ring (bicyclic) bond motifs is 1. The Bertz CT molecular complexity index is 1070. The van der Waals surface area contributed by atoms with Gasteiger partial charge >= 0.3 is 0 Å². The lowest BCUT2D eigenvalue weighted by molar-refractivity contribution is 0.0927. The lowest BCUT2D eigenvalue weighted by Crippen LogP contribution is -2.39. The minimum absolute atomic E-state index is 0.00168. The fraction of sp³-hybridized carbons (Fsp3) is 0.400. The van der Waals surface area contributed by atoms with Crippen molar-refractivity contribution >= 4 is 44.8 Å². The standard InChI is InChI=1S/C20H21Cl2N3O4S/c21-16-7-6-15(11-17(16)22)30(27,28)25-8-9-29-20-18(25)10-13(12-23-20)19(26)24-14-4-2-1-3-5-14/h6-7,10-12,14H,1-5,8-9H2,(H,24,26). The number of sulfonamides is 1. The zero-order valence-electron chi connectivity index (χ0n) is 16.1. The molecule has 1 N–H and O–H groups in total. The third kappa shape index (κ3) is 4.22. The molecule has 1 aromatic heterocycles. The molecule has 10 heteroatoms. The van der Waals surface area contributed by atoms with Gasteiger partial charge in [0, 0.05) is 12.2 Å². The predicted molar refractivity (Wildman–Crippen MR) is 115 cm³/mol. The summed E-state index contributed by atoms with van der Waals surface area (Å²) < 4.78 is 33.2. The quantitative estimate of drug-likeness (QED) is 0.729. The maximum absolute atomic E-state index is 13.3. The van der Waals surface area contributed by atoms with Crippen LogP contribution in [0.15, 0.2) is 35.4 Å². The molecular weight excluding hydrogens is 449 g/mol. The normalized spacial score (nSPS) is 17.2. The molecule has 1 fully saturated rings. The van der Waals surface area contributed by atoms with Crippen LogP contribution in [0.5, 0.6) is 5.88 Å². The number of ether oxygens (including phenoxy) is 1. The second-order valence-electron chi connectivity index (χ2n) is 7.36. The summed E-state index contributed by atoms with van der Waals surface area (Å²) in [6, 6.07) is 5.78. The van der Waals surface area contributed by atoms with Gasteiger partial charge in [-0.25, -0.2) is 13.4 Å². The highest BCUT2D eigenvalue weighted by Crippen LogP contribution is 2.35. The third-order valence-corrected chi connectivity index (χ3v) is 7.86. The van der Waals surface area contributed by atoms with Crippen LogP contribution in [0.2, 0.25) is 10.0 Å². The number of halogens is 2. The maximum Gasteiger partial charge on any atom is 0.264 e. The van der Waals surface area contributed by atoms with E-state index < -0.39 is 10.0 Å². The first-order valence-corrected chi connectivity index (χ1v) is 12.0. The summed E-state index contributed by atoms with van der Waals surface area (Å²) in [5.41, 5.74) is 0.516. The van der Waals surface area contributed by atoms with E-state index in [4.69, 9.17) is 27.9 Å². The average molecular weight is 470 g/mol. The van der Waals surface area contributed by atoms with Crippen molar-refractivity contribution in [3.63, 3.8) is 0 Å². The van der Waals surface area contributed by atoms with Gasteiger partial charge < -0.3 is 10.1 Å². The Labute approximate surface area is 185 Å². The number of carbonyl (C=O) groups excluding carboxylic acids is 1. The van der Waals surface area contributed by atoms with Crippen molar-refractivity contribution in [2.45, 2.75) is 43.0 Å². The minimum Gasteiger partial charge on any atom is -0.474 e. The summed E-state index contributed by atoms with van der Waals surface area (Å²) in [4.78, 5) is 16.9. The summed E-state index contributed by atoms with van der Waals surface area (Å²) in [7, 11) is -3.95. The van der Waals surface area contributed by atoms with E-state index in [1.807, 2.05) is 0 Å². The molecule has 1 aliphatic carbocycles. The van der Waals surface area contributed by atoms with E-state index in [0.717, 1.165) is 25.7 Å². The molecule has 0 radical (unpaired) electrons. The SMILES string of the molecule is O=C(NC1CCCCC1)c1cnc2c(c1)N(S(=O)(=O)c1ccc(Cl)c(Cl)c1)CCO2. The topological polar surface area (TPSA) is 88.6 Å². The molecule has 4 rings (SSSR count). The Kier molecular flexibility index (Phi) is 6.09. The number of nitrogens with zero attached hydrogens (tertiary/aromatic N) is 2. The molecule has 1 saturated carbocycles. The first kappa shape index (κ1) is 21.2. The van der Waals surface area contributed by atoms with Gasteiger partial charge in [0.05, 0.1) is 27.0 Å². The van der Waals surface area contributed by atoms with Crippen molar-refractivity contribution in [2.24, 2.45) is 0 Å². The molecule has 0 spiro atoms. The Morgan fingerprint density at radius 3 is 2.63 bits per heavy atom. The highest BCUT2D eigenvalue weighted by Gasteiger charge is 2.32. The highest BCUT2D eigenvalue weighted by atomic mass is 35.5. The zero-order valence-corrected chi connectivity index (χ0v) is 18.4. The van der Waals surface area contributed by atoms with Gasteiger partial charge in [-0.1, -0.05) is 42.5 Å². The van der Waals surface area contributed by atoms with Crippen LogP contribution in [-0.2, 0) is 10.0 Å².